The van der Waals surface area contributed by atoms with Crippen molar-refractivity contribution in [3.05, 3.63) is 70.6 Å². The summed E-state index contributed by atoms with van der Waals surface area (Å²) in [7, 11) is 0. The maximum Gasteiger partial charge on any atom is 0.242 e. The van der Waals surface area contributed by atoms with Crippen LogP contribution in [0.1, 0.15) is 57.2 Å². The zero-order valence-corrected chi connectivity index (χ0v) is 20.6. The molecule has 0 unspecified atom stereocenters. The topological polar surface area (TPSA) is 57.0 Å². The van der Waals surface area contributed by atoms with Crippen LogP contribution in [0.4, 0.5) is 11.4 Å². The Morgan fingerprint density at radius 3 is 2.34 bits per heavy atom. The van der Waals surface area contributed by atoms with E-state index in [0.29, 0.717) is 18.8 Å². The quantitative estimate of drug-likeness (QED) is 0.353. The smallest absolute Gasteiger partial charge is 0.242 e. The van der Waals surface area contributed by atoms with E-state index < -0.39 is 0 Å². The molecule has 0 saturated heterocycles. The van der Waals surface area contributed by atoms with Crippen molar-refractivity contribution in [2.45, 2.75) is 66.3 Å². The summed E-state index contributed by atoms with van der Waals surface area (Å²) >= 11 is 0. The van der Waals surface area contributed by atoms with E-state index in [1.807, 2.05) is 41.8 Å². The number of aryl methyl sites for hydroxylation is 1. The number of fused-ring (bicyclic) bond motifs is 1. The highest BCUT2D eigenvalue weighted by atomic mass is 16.2. The van der Waals surface area contributed by atoms with E-state index in [-0.39, 0.29) is 38.4 Å². The predicted octanol–water partition coefficient (Wildman–Crippen LogP) is 5.31. The molecule has 0 bridgehead atoms. The summed E-state index contributed by atoms with van der Waals surface area (Å²) in [4.78, 5) is 33.6. The maximum atomic E-state index is 13.5. The number of benzene rings is 2. The normalized spacial score (nSPS) is 12.3. The zero-order valence-electron chi connectivity index (χ0n) is 20.6. The molecule has 0 aromatic heterocycles. The molecule has 1 aliphatic rings. The van der Waals surface area contributed by atoms with Gasteiger partial charge in [0.2, 0.25) is 11.8 Å². The maximum absolute atomic E-state index is 13.5. The lowest BCUT2D eigenvalue weighted by atomic mass is 10.1. The third-order valence-electron chi connectivity index (χ3n) is 6.56. The van der Waals surface area contributed by atoms with Gasteiger partial charge in [-0.3, -0.25) is 9.59 Å². The monoisotopic (exact) mass is 476 g/mol. The molecule has 0 saturated carbocycles. The molecular weight excluding hydrogens is 436 g/mol. The van der Waals surface area contributed by atoms with Gasteiger partial charge in [0.1, 0.15) is 0 Å². The Balaban J connectivity index is 0.00000432. The molecule has 1 N–H and O–H groups in total. The van der Waals surface area contributed by atoms with Crippen LogP contribution in [0.2, 0.25) is 0 Å². The van der Waals surface area contributed by atoms with E-state index in [0.717, 1.165) is 43.4 Å². The minimum atomic E-state index is -0.104. The largest absolute Gasteiger partial charge is 0.355 e. The van der Waals surface area contributed by atoms with Crippen molar-refractivity contribution in [1.82, 2.24) is 10.2 Å². The van der Waals surface area contributed by atoms with Gasteiger partial charge in [-0.15, -0.1) is 0 Å². The third-order valence-corrected chi connectivity index (χ3v) is 6.56. The van der Waals surface area contributed by atoms with Gasteiger partial charge in [-0.05, 0) is 55.9 Å². The highest BCUT2D eigenvalue weighted by Gasteiger charge is 2.30. The number of rotatable bonds is 11. The van der Waals surface area contributed by atoms with Gasteiger partial charge in [-0.2, -0.15) is 0 Å². The first-order valence-electron chi connectivity index (χ1n) is 12.3. The highest BCUT2D eigenvalue weighted by Crippen LogP contribution is 2.28. The van der Waals surface area contributed by atoms with Crippen molar-refractivity contribution >= 4 is 23.2 Å². The van der Waals surface area contributed by atoms with E-state index in [1.54, 1.807) is 12.1 Å². The Morgan fingerprint density at radius 1 is 1.06 bits per heavy atom. The number of amides is 2. The van der Waals surface area contributed by atoms with Crippen LogP contribution in [0, 0.1) is 13.5 Å². The molecule has 2 aromatic carbocycles. The van der Waals surface area contributed by atoms with Crippen LogP contribution < -0.4 is 10.2 Å². The molecular formula is C29H40N4O2. The fourth-order valence-corrected chi connectivity index (χ4v) is 4.71. The van der Waals surface area contributed by atoms with Crippen molar-refractivity contribution in [3.8, 4) is 0 Å². The van der Waals surface area contributed by atoms with E-state index >= 15 is 0 Å². The lowest BCUT2D eigenvalue weighted by Gasteiger charge is -2.32. The van der Waals surface area contributed by atoms with Crippen molar-refractivity contribution in [3.63, 3.8) is 0 Å². The second-order valence-electron chi connectivity index (χ2n) is 9.01. The Kier molecular flexibility index (Phi) is 10.8. The molecule has 0 radical (unpaired) electrons. The van der Waals surface area contributed by atoms with Gasteiger partial charge >= 0.3 is 0 Å². The first kappa shape index (κ1) is 27.9. The summed E-state index contributed by atoms with van der Waals surface area (Å²) < 4.78 is 0. The SMILES string of the molecule is C.[C-]#[N+]c1ccc(C)c(N(CC(=O)NCCCCC)CC(=O)N(CC)C2Cc3ccccc3C2)c1. The van der Waals surface area contributed by atoms with E-state index in [2.05, 4.69) is 29.2 Å². The second kappa shape index (κ2) is 13.5. The summed E-state index contributed by atoms with van der Waals surface area (Å²) in [5, 5.41) is 2.98. The van der Waals surface area contributed by atoms with Gasteiger partial charge in [0.15, 0.2) is 5.69 Å². The Labute approximate surface area is 211 Å². The molecule has 6 heteroatoms. The fraction of sp³-hybridized carbons (Fsp3) is 0.483. The molecule has 0 atom stereocenters. The second-order valence-corrected chi connectivity index (χ2v) is 9.01. The number of likely N-dealkylation sites (N-methyl/N-ethyl adjacent to an activating group) is 1. The minimum Gasteiger partial charge on any atom is -0.355 e. The molecule has 0 fully saturated rings. The van der Waals surface area contributed by atoms with E-state index in [9.17, 15) is 9.59 Å². The average molecular weight is 477 g/mol. The third kappa shape index (κ3) is 7.32. The van der Waals surface area contributed by atoms with E-state index in [4.69, 9.17) is 6.57 Å². The molecule has 35 heavy (non-hydrogen) atoms. The van der Waals surface area contributed by atoms with Crippen LogP contribution >= 0.6 is 0 Å². The summed E-state index contributed by atoms with van der Waals surface area (Å²) in [5.74, 6) is -0.0976. The number of carbonyl (C=O) groups excluding carboxylic acids is 2. The summed E-state index contributed by atoms with van der Waals surface area (Å²) in [5.41, 5.74) is 4.82. The molecule has 1 aliphatic carbocycles. The molecule has 0 heterocycles. The molecule has 2 amide bonds. The van der Waals surface area contributed by atoms with Crippen molar-refractivity contribution in [1.29, 1.82) is 0 Å². The number of carbonyl (C=O) groups is 2. The summed E-state index contributed by atoms with van der Waals surface area (Å²) in [6.07, 6.45) is 4.83. The van der Waals surface area contributed by atoms with Gasteiger partial charge in [0.05, 0.1) is 19.7 Å². The Morgan fingerprint density at radius 2 is 1.74 bits per heavy atom. The van der Waals surface area contributed by atoms with Gasteiger partial charge in [-0.1, -0.05) is 63.6 Å². The number of unbranched alkanes of at least 4 members (excludes halogenated alkanes) is 2. The number of anilines is 1. The number of hydrogen-bond donors (Lipinski definition) is 1. The highest BCUT2D eigenvalue weighted by molar-refractivity contribution is 5.87. The molecule has 2 aromatic rings. The van der Waals surface area contributed by atoms with Crippen LogP contribution in [0.25, 0.3) is 4.85 Å². The fourth-order valence-electron chi connectivity index (χ4n) is 4.71. The van der Waals surface area contributed by atoms with Crippen molar-refractivity contribution in [2.24, 2.45) is 0 Å². The molecule has 0 aliphatic heterocycles. The lowest BCUT2D eigenvalue weighted by molar-refractivity contribution is -0.131. The van der Waals surface area contributed by atoms with Crippen LogP contribution in [0.15, 0.2) is 42.5 Å². The number of nitrogens with one attached hydrogen (secondary N) is 1. The van der Waals surface area contributed by atoms with Crippen molar-refractivity contribution < 1.29 is 9.59 Å². The molecule has 6 nitrogen and oxygen atoms in total. The predicted molar refractivity (Wildman–Crippen MR) is 144 cm³/mol. The van der Waals surface area contributed by atoms with Gasteiger partial charge in [0.25, 0.3) is 0 Å². The van der Waals surface area contributed by atoms with Crippen molar-refractivity contribution in [2.75, 3.05) is 31.1 Å². The van der Waals surface area contributed by atoms with Crippen LogP contribution in [-0.2, 0) is 22.4 Å². The van der Waals surface area contributed by atoms with Crippen LogP contribution in [-0.4, -0.2) is 48.9 Å². The van der Waals surface area contributed by atoms with Gasteiger partial charge in [-0.25, -0.2) is 4.85 Å². The average Bonchev–Trinajstić information content (AvgIpc) is 3.26. The Bertz CT molecular complexity index is 1020. The van der Waals surface area contributed by atoms with Gasteiger partial charge < -0.3 is 15.1 Å². The first-order chi connectivity index (χ1) is 16.5. The molecule has 0 spiro atoms. The lowest BCUT2D eigenvalue weighted by Crippen LogP contribution is -2.48. The number of hydrogen-bond acceptors (Lipinski definition) is 3. The summed E-state index contributed by atoms with van der Waals surface area (Å²) in [6.45, 7) is 14.9. The van der Waals surface area contributed by atoms with E-state index in [1.165, 1.54) is 11.1 Å². The number of nitrogens with zero attached hydrogens (tertiary/aromatic N) is 3. The Hall–Kier alpha value is -3.33. The molecule has 188 valence electrons. The van der Waals surface area contributed by atoms with Crippen LogP contribution in [0.3, 0.4) is 0 Å². The molecule has 3 rings (SSSR count). The minimum absolute atomic E-state index is 0. The standard InChI is InChI=1S/C28H36N4O2.CH4/c1-5-7-10-15-30-27(33)19-31(26-18-24(29-4)14-13-21(26)3)20-28(34)32(6-2)25-16-22-11-8-9-12-23(22)17-25;/h8-9,11-14,18,25H,5-7,10,15-17,19-20H2,1-3H3,(H,30,33);1H4. The first-order valence-corrected chi connectivity index (χ1v) is 12.3. The summed E-state index contributed by atoms with van der Waals surface area (Å²) in [6, 6.07) is 13.9. The zero-order chi connectivity index (χ0) is 24.5. The van der Waals surface area contributed by atoms with Gasteiger partial charge in [0, 0.05) is 24.8 Å². The van der Waals surface area contributed by atoms with Crippen LogP contribution in [0.5, 0.6) is 0 Å².